The molecule has 28 N–H and O–H groups in total. The lowest BCUT2D eigenvalue weighted by molar-refractivity contribution is -0.284. The van der Waals surface area contributed by atoms with Crippen molar-refractivity contribution >= 4 is 76.4 Å². The number of phenols is 4. The average molecular weight is 1990 g/mol. The molecule has 754 valence electrons. The number of rotatable bonds is 26. The Morgan fingerprint density at radius 1 is 0.500 bits per heavy atom. The van der Waals surface area contributed by atoms with Gasteiger partial charge in [-0.3, -0.25) is 43.2 Å². The molecule has 9 aliphatic heterocycles. The Balaban J connectivity index is 1.04. The van der Waals surface area contributed by atoms with Crippen molar-refractivity contribution in [1.29, 1.82) is 0 Å². The first kappa shape index (κ1) is 104. The fourth-order valence-electron chi connectivity index (χ4n) is 17.4. The number of nitrogens with two attached hydrogens (primary N) is 2. The molecule has 0 radical (unpaired) electrons. The van der Waals surface area contributed by atoms with Gasteiger partial charge in [0, 0.05) is 49.6 Å². The monoisotopic (exact) mass is 1990 g/mol. The molecule has 9 amide bonds. The second-order valence-electron chi connectivity index (χ2n) is 35.4. The Morgan fingerprint density at radius 2 is 1.07 bits per heavy atom. The maximum absolute atomic E-state index is 17.2. The third-order valence-corrected chi connectivity index (χ3v) is 25.4. The molecular weight excluding hydrogens is 1880 g/mol. The predicted molar refractivity (Wildman–Crippen MR) is 490 cm³/mol. The molecule has 0 saturated carbocycles. The normalized spacial score (nSPS) is 27.9. The molecule has 7 aromatic rings. The highest BCUT2D eigenvalue weighted by atomic mass is 35.5. The number of fused-ring (bicyclic) bond motifs is 14. The first-order valence-electron chi connectivity index (χ1n) is 45.4. The SMILES string of the molecule is CC(=O)N[C@@H]1[C@H](O[C@@H]2c3ccc(c(Cl)c3)Oc3cc4cc(c3O[C@@H]3O[C@@H](CO)[C@@H](O)[C@H](O)[C@@H]3NC(=O)CCCCCCC(C)C)Oc3ccc(cc3Cl)C[C@H]3NC(=O)[C@H](N)c5ccc(O)c(c5)Oc5cc(O)cc(c5)[C@H](NC3=O)C(=O)N[C@H]4C(=O)N[C@H]3C(=O)N[C@@H]2C(=O)N[C@H](C(=O)NCCCNCCCN)c2cc(O)cc(O[C@H]4O[C@H](CO)[C@@H](O)[C@@H](O)[C@@H]4O)c2-c2cc3ccc2O)O[C@@H](CO)[C@@H](O)[C@@H]1O. The van der Waals surface area contributed by atoms with Crippen LogP contribution in [0, 0.1) is 5.92 Å². The van der Waals surface area contributed by atoms with Crippen LogP contribution in [-0.4, -0.2) is 275 Å². The molecule has 0 unspecified atom stereocenters. The number of aliphatic hydroxyl groups is 10. The van der Waals surface area contributed by atoms with Crippen LogP contribution in [-0.2, 0) is 68.5 Å². The van der Waals surface area contributed by atoms with Crippen molar-refractivity contribution in [3.63, 3.8) is 0 Å². The third-order valence-electron chi connectivity index (χ3n) is 24.8. The van der Waals surface area contributed by atoms with E-state index in [4.69, 9.17) is 77.3 Å². The Labute approximate surface area is 809 Å². The number of ether oxygens (including phenoxy) is 9. The van der Waals surface area contributed by atoms with Crippen LogP contribution >= 0.6 is 23.2 Å². The van der Waals surface area contributed by atoms with Crippen molar-refractivity contribution in [2.45, 2.75) is 219 Å². The van der Waals surface area contributed by atoms with Gasteiger partial charge in [0.25, 0.3) is 0 Å². The maximum Gasteiger partial charge on any atom is 0.248 e. The van der Waals surface area contributed by atoms with Gasteiger partial charge in [-0.2, -0.15) is 0 Å². The second kappa shape index (κ2) is 45.6. The number of hydrogen-bond acceptors (Lipinski definition) is 35. The number of phenolic OH excluding ortho intramolecular Hbond substituents is 4. The molecule has 0 aliphatic carbocycles. The van der Waals surface area contributed by atoms with Crippen LogP contribution in [0.4, 0.5) is 0 Å². The van der Waals surface area contributed by atoms with Gasteiger partial charge in [-0.1, -0.05) is 87.0 Å². The zero-order valence-corrected chi connectivity index (χ0v) is 77.2. The van der Waals surface area contributed by atoms with Gasteiger partial charge in [-0.15, -0.1) is 0 Å². The molecule has 0 aromatic heterocycles. The molecule has 3 fully saturated rings. The fourth-order valence-corrected chi connectivity index (χ4v) is 17.8. The molecule has 46 heteroatoms. The molecule has 3 saturated heterocycles. The van der Waals surface area contributed by atoms with Crippen molar-refractivity contribution in [2.24, 2.45) is 17.4 Å². The summed E-state index contributed by atoms with van der Waals surface area (Å²) >= 11 is 14.9. The number of carbonyl (C=O) groups is 9. The number of nitrogens with one attached hydrogen (secondary N) is 10. The van der Waals surface area contributed by atoms with Gasteiger partial charge >= 0.3 is 0 Å². The maximum atomic E-state index is 17.2. The van der Waals surface area contributed by atoms with Gasteiger partial charge in [0.2, 0.25) is 71.5 Å². The van der Waals surface area contributed by atoms with E-state index in [-0.39, 0.29) is 70.5 Å². The van der Waals surface area contributed by atoms with E-state index in [1.165, 1.54) is 30.3 Å². The van der Waals surface area contributed by atoms with Crippen molar-refractivity contribution < 1.29 is 157 Å². The number of halogens is 2. The number of carbonyl (C=O) groups excluding carboxylic acids is 9. The first-order chi connectivity index (χ1) is 66.9. The zero-order chi connectivity index (χ0) is 101. The molecule has 0 spiro atoms. The number of aromatic hydroxyl groups is 4. The lowest BCUT2D eigenvalue weighted by Gasteiger charge is -2.44. The van der Waals surface area contributed by atoms with Crippen molar-refractivity contribution in [3.8, 4) is 80.1 Å². The molecular formula is C94H112Cl2N12O32. The molecule has 7 aromatic carbocycles. The van der Waals surface area contributed by atoms with Gasteiger partial charge in [0.05, 0.1) is 29.9 Å². The zero-order valence-electron chi connectivity index (χ0n) is 75.7. The number of hydrogen-bond donors (Lipinski definition) is 26. The topological polar surface area (TPSA) is 692 Å². The number of aliphatic hydroxyl groups excluding tert-OH is 10. The minimum atomic E-state index is -2.53. The number of amides is 9. The Kier molecular flexibility index (Phi) is 33.8. The van der Waals surface area contributed by atoms with E-state index >= 15 is 28.8 Å². The van der Waals surface area contributed by atoms with Crippen LogP contribution in [0.2, 0.25) is 10.0 Å². The summed E-state index contributed by atoms with van der Waals surface area (Å²) in [7, 11) is 0. The van der Waals surface area contributed by atoms with E-state index < -0.39 is 304 Å². The lowest BCUT2D eigenvalue weighted by Crippen LogP contribution is -2.65. The summed E-state index contributed by atoms with van der Waals surface area (Å²) in [6.45, 7) is 2.88. The molecule has 17 bridgehead atoms. The van der Waals surface area contributed by atoms with E-state index in [9.17, 15) is 85.9 Å². The highest BCUT2D eigenvalue weighted by Gasteiger charge is 2.52. The minimum Gasteiger partial charge on any atom is -0.508 e. The second-order valence-corrected chi connectivity index (χ2v) is 36.2. The van der Waals surface area contributed by atoms with Crippen molar-refractivity contribution in [3.05, 3.63) is 164 Å². The van der Waals surface area contributed by atoms with E-state index in [1.807, 2.05) is 0 Å². The van der Waals surface area contributed by atoms with Crippen molar-refractivity contribution in [1.82, 2.24) is 53.2 Å². The molecule has 140 heavy (non-hydrogen) atoms. The summed E-state index contributed by atoms with van der Waals surface area (Å²) in [5.74, 6) is -17.7. The number of unbranched alkanes of at least 4 members (excludes halogenated alkanes) is 3. The minimum absolute atomic E-state index is 0.0317. The fraction of sp³-hybridized carbons (Fsp3) is 0.457. The van der Waals surface area contributed by atoms with Gasteiger partial charge in [0.1, 0.15) is 162 Å². The molecule has 16 rings (SSSR count). The predicted octanol–water partition coefficient (Wildman–Crippen LogP) is 0.380. The van der Waals surface area contributed by atoms with E-state index in [0.29, 0.717) is 38.3 Å². The summed E-state index contributed by atoms with van der Waals surface area (Å²) in [5.41, 5.74) is 9.13. The van der Waals surface area contributed by atoms with Gasteiger partial charge in [0.15, 0.2) is 29.3 Å². The number of benzene rings is 7. The average Bonchev–Trinajstić information content (AvgIpc) is 0.759. The first-order valence-corrected chi connectivity index (χ1v) is 46.2. The van der Waals surface area contributed by atoms with Gasteiger partial charge in [-0.05, 0) is 163 Å². The molecule has 44 nitrogen and oxygen atoms in total. The summed E-state index contributed by atoms with van der Waals surface area (Å²) in [5, 5.41) is 187. The Morgan fingerprint density at radius 3 is 1.72 bits per heavy atom. The quantitative estimate of drug-likeness (QED) is 0.0326. The Hall–Kier alpha value is -12.1. The van der Waals surface area contributed by atoms with Crippen LogP contribution < -0.4 is 88.3 Å². The van der Waals surface area contributed by atoms with Crippen LogP contribution in [0.15, 0.2) is 115 Å². The standard InChI is InChI=1S/C94H112Cl2N12O32/c1-39(2)10-6-4-5-7-11-66(117)103-74-80(122)77(119)64(37-110)137-93(74)140-84-61-31-46-32-62(84)134-58-19-15-44(29-53(58)96)83(139-92-73(101-40(3)112)79(121)76(118)63(36-109)136-92)75-91(131)107-72(87(127)100-23-9-22-99-21-8-20-97)51-34-48(114)35-60(135-94-82(124)81(123)78(120)65(38-111)138-94)67(51)50-28-43(14-16-55(50)115)69(88(128)108-75)105-90(130)71(46)106-89(129)70-45-26-47(113)33-49(27-45)132-59-30-42(13-17-56(59)116)68(98)86(126)102-54(85(125)104-70)25-41-12-18-57(133-61)52(95)24-41/h12-19,24,26-35,39,54,63-65,68-83,92-94,99,109-111,113-116,118-124H,4-11,20-23,25,36-38,97-98H2,1-3H3,(H,100,127)(H,101,112)(H,102,126)(H,103,117)(H,104,125)(H,105,130)(H,106,129)(H,107,131)(H,108,128)/t54-,63+,64+,65-,68-,69-,70+,71-,72+,73+,74+,75+,76-,77-,78-,79-,80-,81-,82+,83-,92+,93+,94+/m1/s1. The molecule has 9 aliphatic rings. The van der Waals surface area contributed by atoms with E-state index in [2.05, 4.69) is 67.0 Å². The summed E-state index contributed by atoms with van der Waals surface area (Å²) < 4.78 is 58.3. The lowest BCUT2D eigenvalue weighted by atomic mass is 9.89. The summed E-state index contributed by atoms with van der Waals surface area (Å²) in [6.07, 6.45) is -24.9. The highest BCUT2D eigenvalue weighted by Crippen LogP contribution is 2.51. The van der Waals surface area contributed by atoms with Crippen LogP contribution in [0.3, 0.4) is 0 Å². The third kappa shape index (κ3) is 23.7. The molecule has 23 atom stereocenters. The van der Waals surface area contributed by atoms with Crippen molar-refractivity contribution in [2.75, 3.05) is 46.0 Å². The van der Waals surface area contributed by atoms with E-state index in [0.717, 1.165) is 111 Å². The highest BCUT2D eigenvalue weighted by molar-refractivity contribution is 6.32. The van der Waals surface area contributed by atoms with Crippen LogP contribution in [0.1, 0.15) is 147 Å². The molecule has 9 heterocycles. The van der Waals surface area contributed by atoms with Gasteiger partial charge in [-0.25, -0.2) is 0 Å². The van der Waals surface area contributed by atoms with Gasteiger partial charge < -0.3 is 179 Å². The van der Waals surface area contributed by atoms with Crippen LogP contribution in [0.25, 0.3) is 11.1 Å². The largest absolute Gasteiger partial charge is 0.508 e. The van der Waals surface area contributed by atoms with Crippen LogP contribution in [0.5, 0.6) is 69.0 Å². The summed E-state index contributed by atoms with van der Waals surface area (Å²) in [6, 6.07) is 1.84. The van der Waals surface area contributed by atoms with E-state index in [1.54, 1.807) is 0 Å². The Bertz CT molecular complexity index is 5730. The smallest absolute Gasteiger partial charge is 0.248 e. The summed E-state index contributed by atoms with van der Waals surface area (Å²) in [4.78, 5) is 141.